The highest BCUT2D eigenvalue weighted by atomic mass is 79.9. The molecular weight excluding hydrogens is 474 g/mol. The molecule has 0 spiro atoms. The first kappa shape index (κ1) is 20.2. The van der Waals surface area contributed by atoms with Gasteiger partial charge in [0, 0.05) is 18.2 Å². The van der Waals surface area contributed by atoms with Crippen molar-refractivity contribution in [3.8, 4) is 5.75 Å². The molecule has 0 bridgehead atoms. The highest BCUT2D eigenvalue weighted by Crippen LogP contribution is 2.36. The molecule has 0 unspecified atom stereocenters. The highest BCUT2D eigenvalue weighted by Gasteiger charge is 2.18. The van der Waals surface area contributed by atoms with Gasteiger partial charge in [-0.1, -0.05) is 12.1 Å². The molecule has 2 N–H and O–H groups in total. The van der Waals surface area contributed by atoms with Crippen LogP contribution in [-0.4, -0.2) is 17.1 Å². The summed E-state index contributed by atoms with van der Waals surface area (Å²) < 4.78 is 7.71. The van der Waals surface area contributed by atoms with E-state index in [2.05, 4.69) is 62.3 Å². The SMILES string of the molecule is Cc1c(COc2c(Br)cc(CCC(=O)O)cc2Br)cccc1NC1CCC1. The van der Waals surface area contributed by atoms with Crippen LogP contribution in [-0.2, 0) is 17.8 Å². The van der Waals surface area contributed by atoms with E-state index in [1.54, 1.807) is 0 Å². The van der Waals surface area contributed by atoms with Gasteiger partial charge in [-0.25, -0.2) is 0 Å². The van der Waals surface area contributed by atoms with E-state index in [1.807, 2.05) is 12.1 Å². The molecule has 0 heterocycles. The van der Waals surface area contributed by atoms with Gasteiger partial charge >= 0.3 is 5.97 Å². The van der Waals surface area contributed by atoms with Crippen molar-refractivity contribution in [1.82, 2.24) is 0 Å². The van der Waals surface area contributed by atoms with Crippen molar-refractivity contribution in [2.45, 2.75) is 51.7 Å². The summed E-state index contributed by atoms with van der Waals surface area (Å²) in [6.07, 6.45) is 4.40. The smallest absolute Gasteiger partial charge is 0.303 e. The topological polar surface area (TPSA) is 58.6 Å². The molecule has 4 nitrogen and oxygen atoms in total. The molecule has 1 fully saturated rings. The molecule has 0 atom stereocenters. The number of nitrogens with one attached hydrogen (secondary N) is 1. The number of carboxylic acid groups (broad SMARTS) is 1. The van der Waals surface area contributed by atoms with Gasteiger partial charge in [0.2, 0.25) is 0 Å². The average molecular weight is 497 g/mol. The van der Waals surface area contributed by atoms with Crippen LogP contribution in [0.3, 0.4) is 0 Å². The minimum absolute atomic E-state index is 0.110. The maximum Gasteiger partial charge on any atom is 0.303 e. The van der Waals surface area contributed by atoms with Crippen LogP contribution in [0.25, 0.3) is 0 Å². The Kier molecular flexibility index (Phi) is 6.82. The van der Waals surface area contributed by atoms with Crippen LogP contribution in [0, 0.1) is 6.92 Å². The Morgan fingerprint density at radius 1 is 1.26 bits per heavy atom. The van der Waals surface area contributed by atoms with Crippen LogP contribution in [0.15, 0.2) is 39.3 Å². The van der Waals surface area contributed by atoms with Gasteiger partial charge in [-0.15, -0.1) is 0 Å². The third kappa shape index (κ3) is 5.26. The number of halogens is 2. The van der Waals surface area contributed by atoms with Crippen molar-refractivity contribution < 1.29 is 14.6 Å². The maximum absolute atomic E-state index is 10.8. The Morgan fingerprint density at radius 3 is 2.56 bits per heavy atom. The van der Waals surface area contributed by atoms with Crippen molar-refractivity contribution in [2.75, 3.05) is 5.32 Å². The molecule has 144 valence electrons. The lowest BCUT2D eigenvalue weighted by molar-refractivity contribution is -0.136. The van der Waals surface area contributed by atoms with E-state index in [-0.39, 0.29) is 6.42 Å². The van der Waals surface area contributed by atoms with Gasteiger partial charge in [0.25, 0.3) is 0 Å². The summed E-state index contributed by atoms with van der Waals surface area (Å²) in [6.45, 7) is 2.59. The third-order valence-electron chi connectivity index (χ3n) is 4.97. The predicted molar refractivity (Wildman–Crippen MR) is 115 cm³/mol. The Hall–Kier alpha value is -1.53. The van der Waals surface area contributed by atoms with Crippen LogP contribution in [0.2, 0.25) is 0 Å². The monoisotopic (exact) mass is 495 g/mol. The summed E-state index contributed by atoms with van der Waals surface area (Å²) in [5.41, 5.74) is 4.50. The summed E-state index contributed by atoms with van der Waals surface area (Å²) >= 11 is 7.09. The van der Waals surface area contributed by atoms with Gasteiger partial charge in [-0.2, -0.15) is 0 Å². The van der Waals surface area contributed by atoms with Crippen LogP contribution < -0.4 is 10.1 Å². The first-order chi connectivity index (χ1) is 12.9. The fourth-order valence-electron chi connectivity index (χ4n) is 3.06. The molecule has 2 aromatic carbocycles. The van der Waals surface area contributed by atoms with Gasteiger partial charge in [-0.05, 0) is 99.4 Å². The largest absolute Gasteiger partial charge is 0.487 e. The Labute approximate surface area is 176 Å². The van der Waals surface area contributed by atoms with Crippen molar-refractivity contribution in [3.63, 3.8) is 0 Å². The number of anilines is 1. The number of carboxylic acids is 1. The van der Waals surface area contributed by atoms with Gasteiger partial charge in [0.05, 0.1) is 8.95 Å². The van der Waals surface area contributed by atoms with E-state index in [0.29, 0.717) is 19.1 Å². The molecule has 2 aromatic rings. The fraction of sp³-hybridized carbons (Fsp3) is 0.381. The number of aryl methyl sites for hydroxylation is 1. The molecule has 1 saturated carbocycles. The highest BCUT2D eigenvalue weighted by molar-refractivity contribution is 9.11. The van der Waals surface area contributed by atoms with Crippen molar-refractivity contribution in [2.24, 2.45) is 0 Å². The number of aliphatic carboxylic acids is 1. The quantitative estimate of drug-likeness (QED) is 0.464. The second-order valence-electron chi connectivity index (χ2n) is 6.93. The van der Waals surface area contributed by atoms with Gasteiger partial charge in [0.15, 0.2) is 0 Å². The van der Waals surface area contributed by atoms with E-state index in [0.717, 1.165) is 25.8 Å². The standard InChI is InChI=1S/C21H23Br2NO3/c1-13-15(4-2-7-19(13)24-16-5-3-6-16)12-27-21-17(22)10-14(11-18(21)23)8-9-20(25)26/h2,4,7,10-11,16,24H,3,5-6,8-9,12H2,1H3,(H,25,26). The van der Waals surface area contributed by atoms with Crippen molar-refractivity contribution in [1.29, 1.82) is 0 Å². The van der Waals surface area contributed by atoms with E-state index in [4.69, 9.17) is 9.84 Å². The molecule has 27 heavy (non-hydrogen) atoms. The molecule has 0 saturated heterocycles. The Bertz CT molecular complexity index is 811. The first-order valence-electron chi connectivity index (χ1n) is 9.11. The molecule has 1 aliphatic carbocycles. The van der Waals surface area contributed by atoms with Crippen LogP contribution in [0.1, 0.15) is 42.4 Å². The lowest BCUT2D eigenvalue weighted by atomic mass is 9.92. The molecule has 3 rings (SSSR count). The molecule has 6 heteroatoms. The molecule has 0 amide bonds. The fourth-order valence-corrected chi connectivity index (χ4v) is 4.57. The van der Waals surface area contributed by atoms with Gasteiger partial charge < -0.3 is 15.2 Å². The van der Waals surface area contributed by atoms with Gasteiger partial charge in [-0.3, -0.25) is 4.79 Å². The number of benzene rings is 2. The first-order valence-corrected chi connectivity index (χ1v) is 10.7. The van der Waals surface area contributed by atoms with E-state index in [9.17, 15) is 4.79 Å². The maximum atomic E-state index is 10.8. The zero-order chi connectivity index (χ0) is 19.4. The molecular formula is C21H23Br2NO3. The minimum atomic E-state index is -0.798. The van der Waals surface area contributed by atoms with E-state index < -0.39 is 5.97 Å². The zero-order valence-electron chi connectivity index (χ0n) is 15.2. The predicted octanol–water partition coefficient (Wildman–Crippen LogP) is 6.08. The number of carbonyl (C=O) groups is 1. The Morgan fingerprint density at radius 2 is 1.96 bits per heavy atom. The van der Waals surface area contributed by atoms with Crippen LogP contribution in [0.4, 0.5) is 5.69 Å². The van der Waals surface area contributed by atoms with Crippen molar-refractivity contribution in [3.05, 3.63) is 56.0 Å². The average Bonchev–Trinajstić information content (AvgIpc) is 2.57. The molecule has 0 radical (unpaired) electrons. The van der Waals surface area contributed by atoms with Crippen molar-refractivity contribution >= 4 is 43.5 Å². The second-order valence-corrected chi connectivity index (χ2v) is 8.64. The summed E-state index contributed by atoms with van der Waals surface area (Å²) in [5, 5.41) is 12.5. The molecule has 1 aliphatic rings. The van der Waals surface area contributed by atoms with Crippen LogP contribution >= 0.6 is 31.9 Å². The number of ether oxygens (including phenoxy) is 1. The zero-order valence-corrected chi connectivity index (χ0v) is 18.4. The van der Waals surface area contributed by atoms with Gasteiger partial charge in [0.1, 0.15) is 12.4 Å². The Balaban J connectivity index is 1.69. The van der Waals surface area contributed by atoms with Crippen LogP contribution in [0.5, 0.6) is 5.75 Å². The normalized spacial score (nSPS) is 13.9. The number of hydrogen-bond acceptors (Lipinski definition) is 3. The van der Waals surface area contributed by atoms with E-state index in [1.165, 1.54) is 30.5 Å². The molecule has 0 aliphatic heterocycles. The lowest BCUT2D eigenvalue weighted by Gasteiger charge is -2.28. The third-order valence-corrected chi connectivity index (χ3v) is 6.15. The summed E-state index contributed by atoms with van der Waals surface area (Å²) in [7, 11) is 0. The minimum Gasteiger partial charge on any atom is -0.487 e. The summed E-state index contributed by atoms with van der Waals surface area (Å²) in [5.74, 6) is -0.0701. The second kappa shape index (κ2) is 9.11. The molecule has 0 aromatic heterocycles. The summed E-state index contributed by atoms with van der Waals surface area (Å²) in [4.78, 5) is 10.8. The number of hydrogen-bond donors (Lipinski definition) is 2. The lowest BCUT2D eigenvalue weighted by Crippen LogP contribution is -2.27. The summed E-state index contributed by atoms with van der Waals surface area (Å²) in [6, 6.07) is 10.7. The number of rotatable bonds is 8. The van der Waals surface area contributed by atoms with E-state index >= 15 is 0 Å².